The third-order valence-electron chi connectivity index (χ3n) is 5.16. The number of benzene rings is 1. The van der Waals surface area contributed by atoms with E-state index in [9.17, 15) is 18.0 Å². The summed E-state index contributed by atoms with van der Waals surface area (Å²) < 4.78 is 28.2. The molecule has 2 saturated heterocycles. The van der Waals surface area contributed by atoms with Gasteiger partial charge in [0.25, 0.3) is 0 Å². The lowest BCUT2D eigenvalue weighted by atomic mass is 10.0. The zero-order chi connectivity index (χ0) is 19.6. The lowest BCUT2D eigenvalue weighted by molar-refractivity contribution is -0.132. The lowest BCUT2D eigenvalue weighted by Gasteiger charge is -2.26. The maximum Gasteiger partial charge on any atom is 0.241 e. The van der Waals surface area contributed by atoms with Gasteiger partial charge in [0.05, 0.1) is 4.90 Å². The summed E-state index contributed by atoms with van der Waals surface area (Å²) in [6, 6.07) is 5.48. The summed E-state index contributed by atoms with van der Waals surface area (Å²) >= 11 is 0. The fourth-order valence-corrected chi connectivity index (χ4v) is 4.91. The molecular formula is C19H27N3O4S. The highest BCUT2D eigenvalue weighted by molar-refractivity contribution is 7.89. The second-order valence-corrected chi connectivity index (χ2v) is 9.23. The van der Waals surface area contributed by atoms with Gasteiger partial charge in [-0.05, 0) is 49.4 Å². The van der Waals surface area contributed by atoms with E-state index in [1.807, 2.05) is 13.8 Å². The monoisotopic (exact) mass is 393 g/mol. The van der Waals surface area contributed by atoms with E-state index >= 15 is 0 Å². The number of hydrogen-bond acceptors (Lipinski definition) is 4. The second-order valence-electron chi connectivity index (χ2n) is 7.52. The van der Waals surface area contributed by atoms with E-state index in [2.05, 4.69) is 4.72 Å². The first-order chi connectivity index (χ1) is 12.8. The van der Waals surface area contributed by atoms with Crippen LogP contribution in [0.2, 0.25) is 0 Å². The SMILES string of the molecule is CC(C)[C@H](NS(=O)(=O)c1ccc(N2CCCC2=O)cc1)C(=O)N1CCCC1. The summed E-state index contributed by atoms with van der Waals surface area (Å²) in [5.41, 5.74) is 0.699. The van der Waals surface area contributed by atoms with Gasteiger partial charge in [-0.15, -0.1) is 0 Å². The molecule has 148 valence electrons. The Morgan fingerprint density at radius 3 is 2.19 bits per heavy atom. The van der Waals surface area contributed by atoms with Crippen LogP contribution in [-0.4, -0.2) is 50.8 Å². The molecule has 7 nitrogen and oxygen atoms in total. The number of carbonyl (C=O) groups excluding carboxylic acids is 2. The first-order valence-electron chi connectivity index (χ1n) is 9.51. The Balaban J connectivity index is 1.76. The molecule has 2 aliphatic heterocycles. The van der Waals surface area contributed by atoms with Crippen LogP contribution in [-0.2, 0) is 19.6 Å². The Morgan fingerprint density at radius 2 is 1.67 bits per heavy atom. The van der Waals surface area contributed by atoms with Crippen LogP contribution in [0.3, 0.4) is 0 Å². The first-order valence-corrected chi connectivity index (χ1v) is 11.0. The minimum atomic E-state index is -3.83. The fourth-order valence-electron chi connectivity index (χ4n) is 3.57. The quantitative estimate of drug-likeness (QED) is 0.798. The highest BCUT2D eigenvalue weighted by Gasteiger charge is 2.32. The number of rotatable bonds is 6. The summed E-state index contributed by atoms with van der Waals surface area (Å²) in [6.07, 6.45) is 3.26. The Hall–Kier alpha value is -1.93. The molecule has 0 saturated carbocycles. The van der Waals surface area contributed by atoms with Crippen LogP contribution in [0.5, 0.6) is 0 Å². The van der Waals surface area contributed by atoms with Gasteiger partial charge in [0.2, 0.25) is 21.8 Å². The molecule has 0 unspecified atom stereocenters. The van der Waals surface area contributed by atoms with Gasteiger partial charge in [-0.2, -0.15) is 4.72 Å². The van der Waals surface area contributed by atoms with Crippen LogP contribution in [0.1, 0.15) is 39.5 Å². The molecule has 1 atom stereocenters. The number of carbonyl (C=O) groups is 2. The number of amides is 2. The van der Waals surface area contributed by atoms with Crippen LogP contribution in [0.15, 0.2) is 29.2 Å². The second kappa shape index (κ2) is 7.98. The van der Waals surface area contributed by atoms with Crippen LogP contribution in [0.25, 0.3) is 0 Å². The number of likely N-dealkylation sites (tertiary alicyclic amines) is 1. The molecule has 2 amide bonds. The van der Waals surface area contributed by atoms with E-state index in [1.54, 1.807) is 21.9 Å². The van der Waals surface area contributed by atoms with Gasteiger partial charge in [0.15, 0.2) is 0 Å². The van der Waals surface area contributed by atoms with Crippen molar-refractivity contribution >= 4 is 27.5 Å². The maximum absolute atomic E-state index is 12.8. The molecule has 3 rings (SSSR count). The van der Waals surface area contributed by atoms with Gasteiger partial charge in [-0.1, -0.05) is 13.8 Å². The zero-order valence-corrected chi connectivity index (χ0v) is 16.7. The average molecular weight is 394 g/mol. The molecule has 0 radical (unpaired) electrons. The molecule has 8 heteroatoms. The van der Waals surface area contributed by atoms with Gasteiger partial charge >= 0.3 is 0 Å². The number of nitrogens with zero attached hydrogens (tertiary/aromatic N) is 2. The largest absolute Gasteiger partial charge is 0.341 e. The van der Waals surface area contributed by atoms with Crippen molar-refractivity contribution in [1.29, 1.82) is 0 Å². The number of hydrogen-bond donors (Lipinski definition) is 1. The van der Waals surface area contributed by atoms with Gasteiger partial charge in [0.1, 0.15) is 6.04 Å². The molecule has 1 N–H and O–H groups in total. The molecule has 0 aliphatic carbocycles. The third kappa shape index (κ3) is 4.32. The van der Waals surface area contributed by atoms with Crippen molar-refractivity contribution in [2.75, 3.05) is 24.5 Å². The minimum Gasteiger partial charge on any atom is -0.341 e. The maximum atomic E-state index is 12.8. The van der Waals surface area contributed by atoms with E-state index in [0.717, 1.165) is 19.3 Å². The summed E-state index contributed by atoms with van der Waals surface area (Å²) in [6.45, 7) is 5.69. The molecule has 27 heavy (non-hydrogen) atoms. The predicted octanol–water partition coefficient (Wildman–Crippen LogP) is 1.74. The molecule has 0 spiro atoms. The molecule has 2 heterocycles. The summed E-state index contributed by atoms with van der Waals surface area (Å²) in [4.78, 5) is 28.0. The van der Waals surface area contributed by atoms with Gasteiger partial charge in [-0.25, -0.2) is 8.42 Å². The molecule has 0 bridgehead atoms. The molecule has 1 aromatic carbocycles. The Bertz CT molecular complexity index is 799. The van der Waals surface area contributed by atoms with Crippen LogP contribution in [0.4, 0.5) is 5.69 Å². The van der Waals surface area contributed by atoms with Crippen molar-refractivity contribution in [3.05, 3.63) is 24.3 Å². The van der Waals surface area contributed by atoms with Crippen molar-refractivity contribution in [3.8, 4) is 0 Å². The average Bonchev–Trinajstić information content (AvgIpc) is 3.31. The molecule has 2 aliphatic rings. The zero-order valence-electron chi connectivity index (χ0n) is 15.8. The van der Waals surface area contributed by atoms with Crippen molar-refractivity contribution in [3.63, 3.8) is 0 Å². The highest BCUT2D eigenvalue weighted by Crippen LogP contribution is 2.23. The Morgan fingerprint density at radius 1 is 1.04 bits per heavy atom. The van der Waals surface area contributed by atoms with Crippen LogP contribution >= 0.6 is 0 Å². The van der Waals surface area contributed by atoms with E-state index < -0.39 is 16.1 Å². The normalized spacial score (nSPS) is 19.1. The van der Waals surface area contributed by atoms with Gasteiger partial charge < -0.3 is 9.80 Å². The lowest BCUT2D eigenvalue weighted by Crippen LogP contribution is -2.50. The van der Waals surface area contributed by atoms with E-state index in [-0.39, 0.29) is 22.6 Å². The predicted molar refractivity (Wildman–Crippen MR) is 103 cm³/mol. The van der Waals surface area contributed by atoms with E-state index in [1.165, 1.54) is 12.1 Å². The van der Waals surface area contributed by atoms with E-state index in [0.29, 0.717) is 31.7 Å². The topological polar surface area (TPSA) is 86.8 Å². The van der Waals surface area contributed by atoms with Gasteiger partial charge in [0, 0.05) is 31.7 Å². The number of sulfonamides is 1. The van der Waals surface area contributed by atoms with Crippen molar-refractivity contribution in [2.45, 2.75) is 50.5 Å². The molecule has 1 aromatic rings. The van der Waals surface area contributed by atoms with Crippen molar-refractivity contribution < 1.29 is 18.0 Å². The first kappa shape index (κ1) is 19.8. The van der Waals surface area contributed by atoms with Crippen LogP contribution in [0, 0.1) is 5.92 Å². The standard InChI is InChI=1S/C19H27N3O4S/c1-14(2)18(19(24)21-11-3-4-12-21)20-27(25,26)16-9-7-15(8-10-16)22-13-5-6-17(22)23/h7-10,14,18,20H,3-6,11-13H2,1-2H3/t18-/m0/s1. The van der Waals surface area contributed by atoms with Gasteiger partial charge in [-0.3, -0.25) is 9.59 Å². The summed E-state index contributed by atoms with van der Waals surface area (Å²) in [5.74, 6) is -0.264. The molecule has 2 fully saturated rings. The number of anilines is 1. The van der Waals surface area contributed by atoms with Crippen molar-refractivity contribution in [2.24, 2.45) is 5.92 Å². The highest BCUT2D eigenvalue weighted by atomic mass is 32.2. The summed E-state index contributed by atoms with van der Waals surface area (Å²) in [5, 5.41) is 0. The van der Waals surface area contributed by atoms with Crippen LogP contribution < -0.4 is 9.62 Å². The number of nitrogens with one attached hydrogen (secondary N) is 1. The van der Waals surface area contributed by atoms with E-state index in [4.69, 9.17) is 0 Å². The molecular weight excluding hydrogens is 366 g/mol. The Kier molecular flexibility index (Phi) is 5.86. The Labute approximate surface area is 160 Å². The smallest absolute Gasteiger partial charge is 0.241 e. The minimum absolute atomic E-state index is 0.0554. The summed E-state index contributed by atoms with van der Waals surface area (Å²) in [7, 11) is -3.83. The van der Waals surface area contributed by atoms with Crippen molar-refractivity contribution in [1.82, 2.24) is 9.62 Å². The molecule has 0 aromatic heterocycles. The third-order valence-corrected chi connectivity index (χ3v) is 6.62. The fraction of sp³-hybridized carbons (Fsp3) is 0.579.